The first-order valence-electron chi connectivity index (χ1n) is 3.93. The van der Waals surface area contributed by atoms with Crippen molar-refractivity contribution in [2.45, 2.75) is 26.4 Å². The molecule has 1 aromatic heterocycles. The summed E-state index contributed by atoms with van der Waals surface area (Å²) in [7, 11) is 0. The van der Waals surface area contributed by atoms with Crippen molar-refractivity contribution in [1.29, 1.82) is 0 Å². The van der Waals surface area contributed by atoms with Crippen LogP contribution in [0.15, 0.2) is 0 Å². The monoisotopic (exact) mass is 202 g/mol. The summed E-state index contributed by atoms with van der Waals surface area (Å²) >= 11 is 5.92. The van der Waals surface area contributed by atoms with Crippen LogP contribution in [0.25, 0.3) is 0 Å². The van der Waals surface area contributed by atoms with Crippen molar-refractivity contribution in [3.63, 3.8) is 0 Å². The summed E-state index contributed by atoms with van der Waals surface area (Å²) in [5.41, 5.74) is 1.56. The number of carbonyl (C=O) groups is 1. The summed E-state index contributed by atoms with van der Waals surface area (Å²) in [4.78, 5) is 10.0. The van der Waals surface area contributed by atoms with Crippen LogP contribution in [-0.2, 0) is 16.0 Å². The van der Waals surface area contributed by atoms with Gasteiger partial charge in [0.05, 0.1) is 16.4 Å². The number of nitrogens with zero attached hydrogens (tertiary/aromatic N) is 1. The highest BCUT2D eigenvalue weighted by Crippen LogP contribution is 2.18. The number of aryl methyl sites for hydroxylation is 1. The Morgan fingerprint density at radius 1 is 1.77 bits per heavy atom. The molecule has 0 fully saturated rings. The smallest absolute Gasteiger partial charge is 0.293 e. The lowest BCUT2D eigenvalue weighted by molar-refractivity contribution is -0.132. The topological polar surface area (TPSA) is 55.0 Å². The maximum absolute atomic E-state index is 10.0. The summed E-state index contributed by atoms with van der Waals surface area (Å²) in [6.07, 6.45) is 0.369. The van der Waals surface area contributed by atoms with E-state index in [1.807, 2.05) is 6.92 Å². The first-order chi connectivity index (χ1) is 6.15. The van der Waals surface area contributed by atoms with Gasteiger partial charge in [0.15, 0.2) is 0 Å². The molecule has 0 amide bonds. The minimum atomic E-state index is -0.185. The van der Waals surface area contributed by atoms with Gasteiger partial charge in [-0.1, -0.05) is 11.6 Å². The maximum atomic E-state index is 10.0. The number of ether oxygens (including phenoxy) is 1. The van der Waals surface area contributed by atoms with Gasteiger partial charge in [-0.15, -0.1) is 0 Å². The fourth-order valence-electron chi connectivity index (χ4n) is 1.03. The molecular weight excluding hydrogens is 192 g/mol. The van der Waals surface area contributed by atoms with Crippen molar-refractivity contribution in [1.82, 2.24) is 10.2 Å². The highest BCUT2D eigenvalue weighted by atomic mass is 35.5. The molecule has 0 aliphatic rings. The largest absolute Gasteiger partial charge is 0.464 e. The molecule has 0 aromatic carbocycles. The van der Waals surface area contributed by atoms with E-state index in [0.29, 0.717) is 17.9 Å². The van der Waals surface area contributed by atoms with Crippen molar-refractivity contribution < 1.29 is 9.53 Å². The van der Waals surface area contributed by atoms with Crippen molar-refractivity contribution >= 4 is 18.1 Å². The molecule has 72 valence electrons. The summed E-state index contributed by atoms with van der Waals surface area (Å²) in [6, 6.07) is 0. The first kappa shape index (κ1) is 10.1. The molecule has 0 saturated carbocycles. The number of aromatic nitrogens is 2. The highest BCUT2D eigenvalue weighted by molar-refractivity contribution is 6.31. The lowest BCUT2D eigenvalue weighted by atomic mass is 10.2. The molecule has 4 nitrogen and oxygen atoms in total. The van der Waals surface area contributed by atoms with Gasteiger partial charge in [-0.2, -0.15) is 5.10 Å². The molecule has 1 aromatic rings. The molecule has 5 heteroatoms. The van der Waals surface area contributed by atoms with Gasteiger partial charge in [-0.25, -0.2) is 0 Å². The molecule has 1 heterocycles. The van der Waals surface area contributed by atoms with Gasteiger partial charge in [0.2, 0.25) is 0 Å². The average molecular weight is 203 g/mol. The third-order valence-electron chi connectivity index (χ3n) is 1.72. The van der Waals surface area contributed by atoms with Crippen LogP contribution in [0.5, 0.6) is 0 Å². The number of nitrogens with one attached hydrogen (secondary N) is 1. The molecule has 0 aliphatic carbocycles. The van der Waals surface area contributed by atoms with Crippen molar-refractivity contribution in [2.75, 3.05) is 0 Å². The molecule has 1 rings (SSSR count). The van der Waals surface area contributed by atoms with Crippen LogP contribution >= 0.6 is 11.6 Å². The third kappa shape index (κ3) is 2.45. The molecule has 0 bridgehead atoms. The number of halogens is 1. The molecule has 13 heavy (non-hydrogen) atoms. The van der Waals surface area contributed by atoms with Crippen molar-refractivity contribution in [2.24, 2.45) is 0 Å². The maximum Gasteiger partial charge on any atom is 0.293 e. The van der Waals surface area contributed by atoms with E-state index in [9.17, 15) is 4.79 Å². The second kappa shape index (κ2) is 4.28. The standard InChI is InChI=1S/C8H11ClN2O2/c1-5(13-4-12)3-7-8(9)6(2)10-11-7/h4-5H,3H2,1-2H3,(H,10,11). The zero-order valence-corrected chi connectivity index (χ0v) is 8.26. The van der Waals surface area contributed by atoms with Gasteiger partial charge in [-0.05, 0) is 13.8 Å². The van der Waals surface area contributed by atoms with Crippen molar-refractivity contribution in [3.05, 3.63) is 16.4 Å². The Hall–Kier alpha value is -1.03. The van der Waals surface area contributed by atoms with E-state index in [1.165, 1.54) is 0 Å². The summed E-state index contributed by atoms with van der Waals surface area (Å²) in [6.45, 7) is 4.04. The molecule has 1 N–H and O–H groups in total. The van der Waals surface area contributed by atoms with E-state index >= 15 is 0 Å². The number of carbonyl (C=O) groups excluding carboxylic acids is 1. The minimum Gasteiger partial charge on any atom is -0.464 e. The van der Waals surface area contributed by atoms with Crippen LogP contribution in [0.4, 0.5) is 0 Å². The zero-order chi connectivity index (χ0) is 9.84. The zero-order valence-electron chi connectivity index (χ0n) is 7.50. The average Bonchev–Trinajstić information content (AvgIpc) is 2.37. The molecule has 0 aliphatic heterocycles. The Labute approximate surface area is 81.2 Å². The van der Waals surface area contributed by atoms with E-state index in [1.54, 1.807) is 6.92 Å². The van der Waals surface area contributed by atoms with Crippen LogP contribution in [0.1, 0.15) is 18.3 Å². The van der Waals surface area contributed by atoms with E-state index in [0.717, 1.165) is 11.4 Å². The fraction of sp³-hybridized carbons (Fsp3) is 0.500. The number of aromatic amines is 1. The third-order valence-corrected chi connectivity index (χ3v) is 2.22. The van der Waals surface area contributed by atoms with Crippen LogP contribution in [0.3, 0.4) is 0 Å². The molecular formula is C8H11ClN2O2. The van der Waals surface area contributed by atoms with Crippen LogP contribution < -0.4 is 0 Å². The van der Waals surface area contributed by atoms with Crippen LogP contribution in [-0.4, -0.2) is 22.8 Å². The fourth-order valence-corrected chi connectivity index (χ4v) is 1.20. The Kier molecular flexibility index (Phi) is 3.31. The first-order valence-corrected chi connectivity index (χ1v) is 4.31. The Balaban J connectivity index is 2.63. The van der Waals surface area contributed by atoms with E-state index in [-0.39, 0.29) is 6.10 Å². The van der Waals surface area contributed by atoms with Gasteiger partial charge >= 0.3 is 0 Å². The number of hydrogen-bond acceptors (Lipinski definition) is 3. The Morgan fingerprint density at radius 2 is 2.46 bits per heavy atom. The second-order valence-electron chi connectivity index (χ2n) is 2.85. The molecule has 0 radical (unpaired) electrons. The molecule has 1 atom stereocenters. The normalized spacial score (nSPS) is 12.5. The number of H-pyrrole nitrogens is 1. The lowest BCUT2D eigenvalue weighted by Crippen LogP contribution is -2.10. The summed E-state index contributed by atoms with van der Waals surface area (Å²) in [5.74, 6) is 0. The predicted molar refractivity (Wildman–Crippen MR) is 48.6 cm³/mol. The van der Waals surface area contributed by atoms with Gasteiger partial charge < -0.3 is 4.74 Å². The second-order valence-corrected chi connectivity index (χ2v) is 3.23. The number of rotatable bonds is 4. The van der Waals surface area contributed by atoms with E-state index < -0.39 is 0 Å². The molecule has 0 spiro atoms. The van der Waals surface area contributed by atoms with Gasteiger partial charge in [-0.3, -0.25) is 9.89 Å². The Morgan fingerprint density at radius 3 is 2.92 bits per heavy atom. The highest BCUT2D eigenvalue weighted by Gasteiger charge is 2.11. The molecule has 1 unspecified atom stereocenters. The Bertz CT molecular complexity index is 298. The number of hydrogen-bond donors (Lipinski definition) is 1. The summed E-state index contributed by atoms with van der Waals surface area (Å²) < 4.78 is 4.72. The van der Waals surface area contributed by atoms with E-state index in [2.05, 4.69) is 10.2 Å². The van der Waals surface area contributed by atoms with E-state index in [4.69, 9.17) is 16.3 Å². The van der Waals surface area contributed by atoms with Crippen LogP contribution in [0.2, 0.25) is 5.02 Å². The van der Waals surface area contributed by atoms with Crippen LogP contribution in [0, 0.1) is 6.92 Å². The van der Waals surface area contributed by atoms with Gasteiger partial charge in [0.25, 0.3) is 6.47 Å². The van der Waals surface area contributed by atoms with Gasteiger partial charge in [0.1, 0.15) is 6.10 Å². The lowest BCUT2D eigenvalue weighted by Gasteiger charge is -2.07. The van der Waals surface area contributed by atoms with Gasteiger partial charge in [0, 0.05) is 6.42 Å². The molecule has 0 saturated heterocycles. The van der Waals surface area contributed by atoms with Crippen molar-refractivity contribution in [3.8, 4) is 0 Å². The SMILES string of the molecule is Cc1n[nH]c(CC(C)OC=O)c1Cl. The minimum absolute atomic E-state index is 0.185. The predicted octanol–water partition coefficient (Wildman–Crippen LogP) is 1.48. The summed E-state index contributed by atoms with van der Waals surface area (Å²) in [5, 5.41) is 7.33. The quantitative estimate of drug-likeness (QED) is 0.753.